The number of nitrogens with zero attached hydrogens (tertiary/aromatic N) is 2. The van der Waals surface area contributed by atoms with Crippen molar-refractivity contribution < 1.29 is 0 Å². The third-order valence-corrected chi connectivity index (χ3v) is 4.13. The molecule has 0 aliphatic rings. The highest BCUT2D eigenvalue weighted by Gasteiger charge is 2.13. The summed E-state index contributed by atoms with van der Waals surface area (Å²) in [7, 11) is 1.94. The zero-order valence-electron chi connectivity index (χ0n) is 11.2. The van der Waals surface area contributed by atoms with Crippen molar-refractivity contribution in [2.75, 3.05) is 7.05 Å². The van der Waals surface area contributed by atoms with Crippen LogP contribution in [0.4, 0.5) is 0 Å². The average molecular weight is 281 g/mol. The van der Waals surface area contributed by atoms with Gasteiger partial charge in [-0.3, -0.25) is 4.98 Å². The normalized spacial score (nSPS) is 10.7. The van der Waals surface area contributed by atoms with Gasteiger partial charge in [-0.1, -0.05) is 36.4 Å². The number of nitrogens with one attached hydrogen (secondary N) is 1. The van der Waals surface area contributed by atoms with Crippen LogP contribution < -0.4 is 5.32 Å². The van der Waals surface area contributed by atoms with E-state index in [4.69, 9.17) is 4.98 Å². The molecule has 0 bridgehead atoms. The van der Waals surface area contributed by atoms with E-state index in [1.165, 1.54) is 10.4 Å². The second-order valence-corrected chi connectivity index (χ2v) is 5.41. The highest BCUT2D eigenvalue weighted by atomic mass is 32.1. The molecule has 0 radical (unpaired) electrons. The van der Waals surface area contributed by atoms with Gasteiger partial charge >= 0.3 is 0 Å². The Hall–Kier alpha value is -2.04. The summed E-state index contributed by atoms with van der Waals surface area (Å²) in [6, 6.07) is 16.3. The molecule has 3 aromatic rings. The monoisotopic (exact) mass is 281 g/mol. The second kappa shape index (κ2) is 5.94. The van der Waals surface area contributed by atoms with Gasteiger partial charge in [0, 0.05) is 12.7 Å². The molecule has 2 heterocycles. The van der Waals surface area contributed by atoms with Gasteiger partial charge in [0.1, 0.15) is 5.01 Å². The minimum absolute atomic E-state index is 0.758. The third kappa shape index (κ3) is 2.61. The molecule has 1 aromatic carbocycles. The van der Waals surface area contributed by atoms with Gasteiger partial charge in [-0.15, -0.1) is 11.3 Å². The first-order valence-electron chi connectivity index (χ1n) is 6.49. The number of thiazole rings is 1. The van der Waals surface area contributed by atoms with Crippen molar-refractivity contribution in [3.8, 4) is 21.1 Å². The summed E-state index contributed by atoms with van der Waals surface area (Å²) in [5.41, 5.74) is 3.21. The number of pyridine rings is 1. The Labute approximate surface area is 122 Å². The van der Waals surface area contributed by atoms with Gasteiger partial charge in [-0.05, 0) is 24.7 Å². The maximum absolute atomic E-state index is 4.74. The molecule has 1 N–H and O–H groups in total. The molecular weight excluding hydrogens is 266 g/mol. The standard InChI is InChI=1S/C16H15N3S/c1-17-11-14-15(12-7-3-2-4-8-12)20-16(19-14)13-9-5-6-10-18-13/h2-10,17H,11H2,1H3. The van der Waals surface area contributed by atoms with Crippen LogP contribution in [0.2, 0.25) is 0 Å². The summed E-state index contributed by atoms with van der Waals surface area (Å²) in [6.45, 7) is 0.758. The van der Waals surface area contributed by atoms with Crippen LogP contribution in [0.5, 0.6) is 0 Å². The summed E-state index contributed by atoms with van der Waals surface area (Å²) in [5.74, 6) is 0. The van der Waals surface area contributed by atoms with E-state index in [1.807, 2.05) is 31.3 Å². The Morgan fingerprint density at radius 1 is 1.05 bits per heavy atom. The zero-order valence-corrected chi connectivity index (χ0v) is 12.0. The van der Waals surface area contributed by atoms with Crippen LogP contribution >= 0.6 is 11.3 Å². The van der Waals surface area contributed by atoms with E-state index in [9.17, 15) is 0 Å². The third-order valence-electron chi connectivity index (χ3n) is 2.96. The molecule has 100 valence electrons. The molecule has 3 rings (SSSR count). The predicted octanol–water partition coefficient (Wildman–Crippen LogP) is 3.59. The number of aromatic nitrogens is 2. The van der Waals surface area contributed by atoms with E-state index >= 15 is 0 Å². The molecule has 3 nitrogen and oxygen atoms in total. The summed E-state index contributed by atoms with van der Waals surface area (Å²) < 4.78 is 0. The molecule has 0 saturated carbocycles. The van der Waals surface area contributed by atoms with Crippen molar-refractivity contribution >= 4 is 11.3 Å². The molecule has 20 heavy (non-hydrogen) atoms. The van der Waals surface area contributed by atoms with Crippen molar-refractivity contribution in [1.82, 2.24) is 15.3 Å². The number of hydrogen-bond donors (Lipinski definition) is 1. The molecule has 2 aromatic heterocycles. The van der Waals surface area contributed by atoms with Crippen LogP contribution in [0, 0.1) is 0 Å². The maximum Gasteiger partial charge on any atom is 0.142 e. The Morgan fingerprint density at radius 3 is 2.55 bits per heavy atom. The van der Waals surface area contributed by atoms with Gasteiger partial charge in [-0.2, -0.15) is 0 Å². The largest absolute Gasteiger partial charge is 0.314 e. The Bertz CT molecular complexity index is 677. The van der Waals surface area contributed by atoms with E-state index in [0.29, 0.717) is 0 Å². The molecular formula is C16H15N3S. The summed E-state index contributed by atoms with van der Waals surface area (Å²) in [4.78, 5) is 10.3. The molecule has 0 aliphatic heterocycles. The second-order valence-electron chi connectivity index (χ2n) is 4.41. The van der Waals surface area contributed by atoms with Crippen molar-refractivity contribution in [1.29, 1.82) is 0 Å². The lowest BCUT2D eigenvalue weighted by molar-refractivity contribution is 0.799. The molecule has 0 saturated heterocycles. The number of benzene rings is 1. The number of rotatable bonds is 4. The predicted molar refractivity (Wildman–Crippen MR) is 83.5 cm³/mol. The molecule has 0 fully saturated rings. The minimum Gasteiger partial charge on any atom is -0.314 e. The SMILES string of the molecule is CNCc1nc(-c2ccccn2)sc1-c1ccccc1. The van der Waals surface area contributed by atoms with E-state index in [0.717, 1.165) is 22.9 Å². The van der Waals surface area contributed by atoms with Crippen molar-refractivity contribution in [2.45, 2.75) is 6.54 Å². The van der Waals surface area contributed by atoms with Crippen molar-refractivity contribution in [3.63, 3.8) is 0 Å². The average Bonchev–Trinajstić information content (AvgIpc) is 2.94. The fourth-order valence-electron chi connectivity index (χ4n) is 2.05. The lowest BCUT2D eigenvalue weighted by Crippen LogP contribution is -2.06. The van der Waals surface area contributed by atoms with Gasteiger partial charge < -0.3 is 5.32 Å². The first-order valence-corrected chi connectivity index (χ1v) is 7.31. The Balaban J connectivity index is 2.08. The van der Waals surface area contributed by atoms with E-state index in [-0.39, 0.29) is 0 Å². The van der Waals surface area contributed by atoms with Gasteiger partial charge in [0.05, 0.1) is 16.3 Å². The van der Waals surface area contributed by atoms with Crippen LogP contribution in [0.1, 0.15) is 5.69 Å². The Morgan fingerprint density at radius 2 is 1.85 bits per heavy atom. The van der Waals surface area contributed by atoms with Gasteiger partial charge in [0.15, 0.2) is 0 Å². The fourth-order valence-corrected chi connectivity index (χ4v) is 3.12. The van der Waals surface area contributed by atoms with Gasteiger partial charge in [0.25, 0.3) is 0 Å². The fraction of sp³-hybridized carbons (Fsp3) is 0.125. The molecule has 0 atom stereocenters. The zero-order chi connectivity index (χ0) is 13.8. The van der Waals surface area contributed by atoms with Crippen LogP contribution in [-0.2, 0) is 6.54 Å². The highest BCUT2D eigenvalue weighted by molar-refractivity contribution is 7.18. The van der Waals surface area contributed by atoms with Crippen LogP contribution in [0.25, 0.3) is 21.1 Å². The summed E-state index contributed by atoms with van der Waals surface area (Å²) >= 11 is 1.69. The Kier molecular flexibility index (Phi) is 3.85. The van der Waals surface area contributed by atoms with E-state index < -0.39 is 0 Å². The summed E-state index contributed by atoms with van der Waals surface area (Å²) in [6.07, 6.45) is 1.80. The summed E-state index contributed by atoms with van der Waals surface area (Å²) in [5, 5.41) is 4.15. The highest BCUT2D eigenvalue weighted by Crippen LogP contribution is 2.34. The van der Waals surface area contributed by atoms with Crippen molar-refractivity contribution in [3.05, 3.63) is 60.4 Å². The topological polar surface area (TPSA) is 37.8 Å². The molecule has 0 unspecified atom stereocenters. The van der Waals surface area contributed by atoms with Gasteiger partial charge in [-0.25, -0.2) is 4.98 Å². The molecule has 4 heteroatoms. The lowest BCUT2D eigenvalue weighted by Gasteiger charge is -2.00. The van der Waals surface area contributed by atoms with E-state index in [2.05, 4.69) is 34.6 Å². The maximum atomic E-state index is 4.74. The minimum atomic E-state index is 0.758. The first kappa shape index (κ1) is 13.0. The number of hydrogen-bond acceptors (Lipinski definition) is 4. The van der Waals surface area contributed by atoms with Crippen LogP contribution in [0.3, 0.4) is 0 Å². The first-order chi connectivity index (χ1) is 9.88. The van der Waals surface area contributed by atoms with Crippen LogP contribution in [0.15, 0.2) is 54.7 Å². The smallest absolute Gasteiger partial charge is 0.142 e. The van der Waals surface area contributed by atoms with E-state index in [1.54, 1.807) is 17.5 Å². The molecule has 0 aliphatic carbocycles. The molecule has 0 amide bonds. The van der Waals surface area contributed by atoms with Crippen molar-refractivity contribution in [2.24, 2.45) is 0 Å². The van der Waals surface area contributed by atoms with Crippen LogP contribution in [-0.4, -0.2) is 17.0 Å². The lowest BCUT2D eigenvalue weighted by atomic mass is 10.1. The van der Waals surface area contributed by atoms with Gasteiger partial charge in [0.2, 0.25) is 0 Å². The molecule has 0 spiro atoms. The quantitative estimate of drug-likeness (QED) is 0.794.